The van der Waals surface area contributed by atoms with Gasteiger partial charge in [0.1, 0.15) is 0 Å². The van der Waals surface area contributed by atoms with Crippen LogP contribution >= 0.6 is 0 Å². The first-order valence-corrected chi connectivity index (χ1v) is 4.09. The largest absolute Gasteiger partial charge is 0.481 e. The number of carboxylic acid groups (broad SMARTS) is 1. The van der Waals surface area contributed by atoms with E-state index in [0.717, 1.165) is 25.7 Å². The van der Waals surface area contributed by atoms with Crippen LogP contribution in [0.5, 0.6) is 0 Å². The number of rotatable bonds is 2. The van der Waals surface area contributed by atoms with E-state index in [1.165, 1.54) is 0 Å². The van der Waals surface area contributed by atoms with Crippen LogP contribution in [0.25, 0.3) is 0 Å². The molecule has 1 N–H and O–H groups in total. The second kappa shape index (κ2) is 3.56. The molecule has 0 aromatic carbocycles. The smallest absolute Gasteiger partial charge is 0.306 e. The van der Waals surface area contributed by atoms with E-state index in [0.29, 0.717) is 5.92 Å². The van der Waals surface area contributed by atoms with Crippen LogP contribution in [0.15, 0.2) is 12.7 Å². The fraction of sp³-hybridized carbons (Fsp3) is 0.667. The Bertz CT molecular complexity index is 155. The molecule has 0 aromatic heterocycles. The first-order valence-electron chi connectivity index (χ1n) is 4.09. The number of hydrogen-bond donors (Lipinski definition) is 1. The average molecular weight is 154 g/mol. The highest BCUT2D eigenvalue weighted by Crippen LogP contribution is 2.29. The molecule has 1 fully saturated rings. The molecule has 0 atom stereocenters. The molecule has 1 saturated carbocycles. The number of carbonyl (C=O) groups is 1. The maximum atomic E-state index is 10.5. The molecule has 0 spiro atoms. The molecule has 0 aromatic rings. The van der Waals surface area contributed by atoms with Gasteiger partial charge in [-0.15, -0.1) is 6.58 Å². The standard InChI is InChI=1S/C9H14O2/c1-2-7-3-5-8(6-4-7)9(10)11/h2,7-8H,1,3-6H2,(H,10,11). The minimum Gasteiger partial charge on any atom is -0.481 e. The molecule has 1 aliphatic carbocycles. The number of hydrogen-bond acceptors (Lipinski definition) is 1. The molecule has 0 saturated heterocycles. The third-order valence-corrected chi connectivity index (χ3v) is 2.45. The van der Waals surface area contributed by atoms with Crippen molar-refractivity contribution in [3.8, 4) is 0 Å². The van der Waals surface area contributed by atoms with Gasteiger partial charge in [0.15, 0.2) is 0 Å². The monoisotopic (exact) mass is 154 g/mol. The molecule has 0 amide bonds. The predicted molar refractivity (Wildman–Crippen MR) is 43.3 cm³/mol. The van der Waals surface area contributed by atoms with Crippen LogP contribution in [0, 0.1) is 11.8 Å². The molecule has 2 nitrogen and oxygen atoms in total. The maximum absolute atomic E-state index is 10.5. The number of aliphatic carboxylic acids is 1. The topological polar surface area (TPSA) is 37.3 Å². The lowest BCUT2D eigenvalue weighted by Gasteiger charge is -2.23. The summed E-state index contributed by atoms with van der Waals surface area (Å²) in [6.45, 7) is 3.71. The lowest BCUT2D eigenvalue weighted by molar-refractivity contribution is -0.142. The van der Waals surface area contributed by atoms with Crippen molar-refractivity contribution in [1.29, 1.82) is 0 Å². The lowest BCUT2D eigenvalue weighted by atomic mass is 9.82. The van der Waals surface area contributed by atoms with Crippen LogP contribution in [0.4, 0.5) is 0 Å². The molecule has 0 bridgehead atoms. The van der Waals surface area contributed by atoms with Crippen LogP contribution < -0.4 is 0 Å². The van der Waals surface area contributed by atoms with Crippen LogP contribution in [0.2, 0.25) is 0 Å². The van der Waals surface area contributed by atoms with Gasteiger partial charge in [0.25, 0.3) is 0 Å². The van der Waals surface area contributed by atoms with Crippen molar-refractivity contribution >= 4 is 5.97 Å². The highest BCUT2D eigenvalue weighted by molar-refractivity contribution is 5.69. The molecule has 62 valence electrons. The molecule has 0 unspecified atom stereocenters. The fourth-order valence-electron chi connectivity index (χ4n) is 1.60. The zero-order valence-corrected chi connectivity index (χ0v) is 6.62. The number of carboxylic acids is 1. The van der Waals surface area contributed by atoms with Crippen molar-refractivity contribution in [3.63, 3.8) is 0 Å². The van der Waals surface area contributed by atoms with E-state index < -0.39 is 5.97 Å². The van der Waals surface area contributed by atoms with Gasteiger partial charge in [-0.1, -0.05) is 6.08 Å². The van der Waals surface area contributed by atoms with Crippen LogP contribution in [0.1, 0.15) is 25.7 Å². The van der Waals surface area contributed by atoms with E-state index in [1.807, 2.05) is 6.08 Å². The molecule has 0 heterocycles. The van der Waals surface area contributed by atoms with Crippen molar-refractivity contribution < 1.29 is 9.90 Å². The Morgan fingerprint density at radius 3 is 2.27 bits per heavy atom. The minimum absolute atomic E-state index is 0.0915. The number of allylic oxidation sites excluding steroid dienone is 1. The van der Waals surface area contributed by atoms with E-state index in [1.54, 1.807) is 0 Å². The van der Waals surface area contributed by atoms with Gasteiger partial charge in [0, 0.05) is 0 Å². The SMILES string of the molecule is C=CC1CCC(C(=O)O)CC1. The van der Waals surface area contributed by atoms with Crippen molar-refractivity contribution in [2.45, 2.75) is 25.7 Å². The summed E-state index contributed by atoms with van der Waals surface area (Å²) >= 11 is 0. The van der Waals surface area contributed by atoms with E-state index in [2.05, 4.69) is 6.58 Å². The summed E-state index contributed by atoms with van der Waals surface area (Å²) in [6, 6.07) is 0. The van der Waals surface area contributed by atoms with E-state index >= 15 is 0 Å². The summed E-state index contributed by atoms with van der Waals surface area (Å²) < 4.78 is 0. The molecular formula is C9H14O2. The van der Waals surface area contributed by atoms with Gasteiger partial charge < -0.3 is 5.11 Å². The van der Waals surface area contributed by atoms with Crippen molar-refractivity contribution in [2.24, 2.45) is 11.8 Å². The Kier molecular flexibility index (Phi) is 2.69. The molecule has 0 aliphatic heterocycles. The highest BCUT2D eigenvalue weighted by atomic mass is 16.4. The Labute approximate surface area is 66.9 Å². The summed E-state index contributed by atoms with van der Waals surface area (Å²) in [7, 11) is 0. The van der Waals surface area contributed by atoms with Crippen LogP contribution in [-0.4, -0.2) is 11.1 Å². The van der Waals surface area contributed by atoms with E-state index in [-0.39, 0.29) is 5.92 Å². The zero-order chi connectivity index (χ0) is 8.27. The molecular weight excluding hydrogens is 140 g/mol. The zero-order valence-electron chi connectivity index (χ0n) is 6.62. The molecule has 2 heteroatoms. The Morgan fingerprint density at radius 1 is 1.36 bits per heavy atom. The third kappa shape index (κ3) is 2.07. The van der Waals surface area contributed by atoms with Gasteiger partial charge in [-0.05, 0) is 31.6 Å². The van der Waals surface area contributed by atoms with Crippen LogP contribution in [-0.2, 0) is 4.79 Å². The summed E-state index contributed by atoms with van der Waals surface area (Å²) in [5.74, 6) is -0.163. The van der Waals surface area contributed by atoms with Gasteiger partial charge >= 0.3 is 5.97 Å². The summed E-state index contributed by atoms with van der Waals surface area (Å²) in [6.07, 6.45) is 5.59. The Hall–Kier alpha value is -0.790. The van der Waals surface area contributed by atoms with Crippen molar-refractivity contribution in [2.75, 3.05) is 0 Å². The predicted octanol–water partition coefficient (Wildman–Crippen LogP) is 2.06. The fourth-order valence-corrected chi connectivity index (χ4v) is 1.60. The van der Waals surface area contributed by atoms with E-state index in [9.17, 15) is 4.79 Å². The lowest BCUT2D eigenvalue weighted by Crippen LogP contribution is -2.20. The van der Waals surface area contributed by atoms with Gasteiger partial charge in [-0.25, -0.2) is 0 Å². The first-order chi connectivity index (χ1) is 5.24. The van der Waals surface area contributed by atoms with Crippen molar-refractivity contribution in [1.82, 2.24) is 0 Å². The molecule has 1 rings (SSSR count). The second-order valence-electron chi connectivity index (χ2n) is 3.19. The van der Waals surface area contributed by atoms with Gasteiger partial charge in [0.05, 0.1) is 5.92 Å². The quantitative estimate of drug-likeness (QED) is 0.618. The Morgan fingerprint density at radius 2 is 1.91 bits per heavy atom. The van der Waals surface area contributed by atoms with Gasteiger partial charge in [0.2, 0.25) is 0 Å². The maximum Gasteiger partial charge on any atom is 0.306 e. The summed E-state index contributed by atoms with van der Waals surface area (Å²) in [5.41, 5.74) is 0. The Balaban J connectivity index is 2.35. The van der Waals surface area contributed by atoms with Crippen LogP contribution in [0.3, 0.4) is 0 Å². The minimum atomic E-state index is -0.632. The van der Waals surface area contributed by atoms with Crippen molar-refractivity contribution in [3.05, 3.63) is 12.7 Å². The molecule has 11 heavy (non-hydrogen) atoms. The van der Waals surface area contributed by atoms with Gasteiger partial charge in [-0.3, -0.25) is 4.79 Å². The molecule has 1 aliphatic rings. The first kappa shape index (κ1) is 8.31. The normalized spacial score (nSPS) is 31.3. The third-order valence-electron chi connectivity index (χ3n) is 2.45. The highest BCUT2D eigenvalue weighted by Gasteiger charge is 2.23. The summed E-state index contributed by atoms with van der Waals surface area (Å²) in [5, 5.41) is 8.67. The second-order valence-corrected chi connectivity index (χ2v) is 3.19. The van der Waals surface area contributed by atoms with Gasteiger partial charge in [-0.2, -0.15) is 0 Å². The molecule has 0 radical (unpaired) electrons. The summed E-state index contributed by atoms with van der Waals surface area (Å²) in [4.78, 5) is 10.5. The average Bonchev–Trinajstić information content (AvgIpc) is 2.05. The van der Waals surface area contributed by atoms with E-state index in [4.69, 9.17) is 5.11 Å².